The lowest BCUT2D eigenvalue weighted by atomic mass is 9.99. The maximum absolute atomic E-state index is 13.1. The quantitative estimate of drug-likeness (QED) is 0.690. The highest BCUT2D eigenvalue weighted by Gasteiger charge is 2.11. The van der Waals surface area contributed by atoms with Crippen molar-refractivity contribution in [3.63, 3.8) is 0 Å². The van der Waals surface area contributed by atoms with E-state index in [9.17, 15) is 18.9 Å². The van der Waals surface area contributed by atoms with Crippen molar-refractivity contribution < 1.29 is 13.7 Å². The summed E-state index contributed by atoms with van der Waals surface area (Å²) in [6.07, 6.45) is 0.378. The Morgan fingerprint density at radius 3 is 2.30 bits per heavy atom. The molecule has 1 unspecified atom stereocenters. The van der Waals surface area contributed by atoms with E-state index in [-0.39, 0.29) is 5.69 Å². The van der Waals surface area contributed by atoms with Crippen LogP contribution in [-0.4, -0.2) is 4.92 Å². The van der Waals surface area contributed by atoms with E-state index in [1.54, 1.807) is 12.1 Å². The Morgan fingerprint density at radius 1 is 1.10 bits per heavy atom. The third-order valence-electron chi connectivity index (χ3n) is 2.97. The number of rotatable bonds is 4. The summed E-state index contributed by atoms with van der Waals surface area (Å²) in [6.45, 7) is 0. The molecule has 2 rings (SSSR count). The minimum atomic E-state index is -0.943. The van der Waals surface area contributed by atoms with Crippen molar-refractivity contribution in [3.05, 3.63) is 75.3 Å². The van der Waals surface area contributed by atoms with Crippen molar-refractivity contribution in [3.8, 4) is 0 Å². The Morgan fingerprint density at radius 2 is 1.75 bits per heavy atom. The largest absolute Gasteiger partial charge is 0.324 e. The molecule has 2 aromatic carbocycles. The lowest BCUT2D eigenvalue weighted by molar-refractivity contribution is -0.384. The summed E-state index contributed by atoms with van der Waals surface area (Å²) in [5.41, 5.74) is 7.18. The fraction of sp³-hybridized carbons (Fsp3) is 0.143. The normalized spacial score (nSPS) is 12.2. The summed E-state index contributed by atoms with van der Waals surface area (Å²) in [6, 6.07) is 8.96. The van der Waals surface area contributed by atoms with Crippen molar-refractivity contribution in [2.24, 2.45) is 5.73 Å². The zero-order valence-electron chi connectivity index (χ0n) is 10.4. The molecule has 1 atom stereocenters. The highest BCUT2D eigenvalue weighted by Crippen LogP contribution is 2.20. The Bertz CT molecular complexity index is 630. The first-order valence-electron chi connectivity index (χ1n) is 5.91. The van der Waals surface area contributed by atoms with Gasteiger partial charge in [0.25, 0.3) is 5.69 Å². The molecule has 0 aliphatic carbocycles. The number of halogens is 2. The number of hydrogen-bond acceptors (Lipinski definition) is 3. The van der Waals surface area contributed by atoms with Gasteiger partial charge in [0.1, 0.15) is 0 Å². The molecule has 2 N–H and O–H groups in total. The van der Waals surface area contributed by atoms with Crippen LogP contribution in [0.2, 0.25) is 0 Å². The number of nitro groups is 1. The monoisotopic (exact) mass is 278 g/mol. The number of benzene rings is 2. The summed E-state index contributed by atoms with van der Waals surface area (Å²) in [7, 11) is 0. The first kappa shape index (κ1) is 14.1. The van der Waals surface area contributed by atoms with Gasteiger partial charge in [0.05, 0.1) is 4.92 Å². The standard InChI is InChI=1S/C14H12F2N2O2/c15-12-6-3-10(8-13(12)16)14(17)7-9-1-4-11(5-2-9)18(19)20/h1-6,8,14H,7,17H2. The van der Waals surface area contributed by atoms with E-state index in [1.165, 1.54) is 18.2 Å². The fourth-order valence-electron chi connectivity index (χ4n) is 1.87. The van der Waals surface area contributed by atoms with E-state index >= 15 is 0 Å². The molecule has 0 fully saturated rings. The third-order valence-corrected chi connectivity index (χ3v) is 2.97. The van der Waals surface area contributed by atoms with Gasteiger partial charge in [0.2, 0.25) is 0 Å². The van der Waals surface area contributed by atoms with Crippen LogP contribution in [0, 0.1) is 21.7 Å². The second kappa shape index (κ2) is 5.75. The summed E-state index contributed by atoms with van der Waals surface area (Å²) >= 11 is 0. The second-order valence-corrected chi connectivity index (χ2v) is 4.41. The van der Waals surface area contributed by atoms with Crippen LogP contribution in [-0.2, 0) is 6.42 Å². The van der Waals surface area contributed by atoms with Gasteiger partial charge in [-0.1, -0.05) is 18.2 Å². The van der Waals surface area contributed by atoms with Crippen molar-refractivity contribution >= 4 is 5.69 Å². The van der Waals surface area contributed by atoms with Gasteiger partial charge in [-0.15, -0.1) is 0 Å². The average Bonchev–Trinajstić information content (AvgIpc) is 2.42. The van der Waals surface area contributed by atoms with E-state index < -0.39 is 22.6 Å². The Kier molecular flexibility index (Phi) is 4.05. The molecule has 4 nitrogen and oxygen atoms in total. The van der Waals surface area contributed by atoms with Crippen molar-refractivity contribution in [2.75, 3.05) is 0 Å². The molecule has 0 aromatic heterocycles. The summed E-state index contributed by atoms with van der Waals surface area (Å²) in [5, 5.41) is 10.5. The SMILES string of the molecule is NC(Cc1ccc([N+](=O)[O-])cc1)c1ccc(F)c(F)c1. The second-order valence-electron chi connectivity index (χ2n) is 4.41. The maximum Gasteiger partial charge on any atom is 0.269 e. The van der Waals surface area contributed by atoms with Gasteiger partial charge in [0, 0.05) is 18.2 Å². The number of hydrogen-bond donors (Lipinski definition) is 1. The molecule has 0 spiro atoms. The predicted octanol–water partition coefficient (Wildman–Crippen LogP) is 3.12. The lowest BCUT2D eigenvalue weighted by Gasteiger charge is -2.12. The third kappa shape index (κ3) is 3.16. The molecule has 20 heavy (non-hydrogen) atoms. The molecule has 0 saturated heterocycles. The van der Waals surface area contributed by atoms with Crippen LogP contribution in [0.1, 0.15) is 17.2 Å². The smallest absolute Gasteiger partial charge is 0.269 e. The van der Waals surface area contributed by atoms with Crippen LogP contribution in [0.25, 0.3) is 0 Å². The molecule has 0 amide bonds. The predicted molar refractivity (Wildman–Crippen MR) is 70.1 cm³/mol. The van der Waals surface area contributed by atoms with Gasteiger partial charge in [0.15, 0.2) is 11.6 Å². The minimum absolute atomic E-state index is 0.00449. The van der Waals surface area contributed by atoms with Gasteiger partial charge < -0.3 is 5.73 Å². The molecular formula is C14H12F2N2O2. The highest BCUT2D eigenvalue weighted by molar-refractivity contribution is 5.34. The molecule has 104 valence electrons. The van der Waals surface area contributed by atoms with Crippen LogP contribution >= 0.6 is 0 Å². The molecule has 0 heterocycles. The van der Waals surface area contributed by atoms with Crippen molar-refractivity contribution in [1.29, 1.82) is 0 Å². The van der Waals surface area contributed by atoms with Crippen LogP contribution < -0.4 is 5.73 Å². The fourth-order valence-corrected chi connectivity index (χ4v) is 1.87. The maximum atomic E-state index is 13.1. The van der Waals surface area contributed by atoms with Crippen molar-refractivity contribution in [2.45, 2.75) is 12.5 Å². The number of nitrogens with two attached hydrogens (primary N) is 1. The minimum Gasteiger partial charge on any atom is -0.324 e. The molecular weight excluding hydrogens is 266 g/mol. The Labute approximate surface area is 114 Å². The first-order chi connectivity index (χ1) is 9.47. The first-order valence-corrected chi connectivity index (χ1v) is 5.91. The number of nitro benzene ring substituents is 1. The van der Waals surface area contributed by atoms with E-state index in [2.05, 4.69) is 0 Å². The Hall–Kier alpha value is -2.34. The van der Waals surface area contributed by atoms with Crippen molar-refractivity contribution in [1.82, 2.24) is 0 Å². The summed E-state index contributed by atoms with van der Waals surface area (Å²) in [5.74, 6) is -1.86. The van der Waals surface area contributed by atoms with E-state index in [1.807, 2.05) is 0 Å². The Balaban J connectivity index is 2.12. The highest BCUT2D eigenvalue weighted by atomic mass is 19.2. The van der Waals surface area contributed by atoms with Gasteiger partial charge in [-0.25, -0.2) is 8.78 Å². The van der Waals surface area contributed by atoms with Crippen LogP contribution in [0.5, 0.6) is 0 Å². The topological polar surface area (TPSA) is 69.2 Å². The van der Waals surface area contributed by atoms with E-state index in [0.29, 0.717) is 12.0 Å². The zero-order valence-corrected chi connectivity index (χ0v) is 10.4. The van der Waals surface area contributed by atoms with Gasteiger partial charge in [-0.2, -0.15) is 0 Å². The molecule has 6 heteroatoms. The molecule has 0 aliphatic rings. The summed E-state index contributed by atoms with van der Waals surface area (Å²) < 4.78 is 25.9. The average molecular weight is 278 g/mol. The number of nitrogens with zero attached hydrogens (tertiary/aromatic N) is 1. The molecule has 0 aliphatic heterocycles. The number of non-ortho nitro benzene ring substituents is 1. The molecule has 0 radical (unpaired) electrons. The van der Waals surface area contributed by atoms with Crippen LogP contribution in [0.4, 0.5) is 14.5 Å². The molecule has 0 saturated carbocycles. The van der Waals surface area contributed by atoms with E-state index in [0.717, 1.165) is 17.7 Å². The van der Waals surface area contributed by atoms with Crippen LogP contribution in [0.3, 0.4) is 0 Å². The zero-order chi connectivity index (χ0) is 14.7. The molecule has 0 bridgehead atoms. The van der Waals surface area contributed by atoms with Gasteiger partial charge >= 0.3 is 0 Å². The molecule has 2 aromatic rings. The van der Waals surface area contributed by atoms with Gasteiger partial charge in [-0.05, 0) is 29.7 Å². The van der Waals surface area contributed by atoms with E-state index in [4.69, 9.17) is 5.73 Å². The lowest BCUT2D eigenvalue weighted by Crippen LogP contribution is -2.13. The van der Waals surface area contributed by atoms with Gasteiger partial charge in [-0.3, -0.25) is 10.1 Å². The summed E-state index contributed by atoms with van der Waals surface area (Å²) in [4.78, 5) is 10.0. The van der Waals surface area contributed by atoms with Crippen LogP contribution in [0.15, 0.2) is 42.5 Å².